The molecule has 9 heteroatoms. The second-order valence-electron chi connectivity index (χ2n) is 5.63. The molecule has 0 atom stereocenters. The highest BCUT2D eigenvalue weighted by atomic mass is 16.6. The summed E-state index contributed by atoms with van der Waals surface area (Å²) in [5.74, 6) is 0.258. The topological polar surface area (TPSA) is 133 Å². The van der Waals surface area contributed by atoms with E-state index in [0.717, 1.165) is 0 Å². The van der Waals surface area contributed by atoms with Gasteiger partial charge in [0.2, 0.25) is 0 Å². The lowest BCUT2D eigenvalue weighted by atomic mass is 10.2. The number of carbonyl (C=O) groups is 1. The fourth-order valence-electron chi connectivity index (χ4n) is 2.56. The van der Waals surface area contributed by atoms with E-state index in [9.17, 15) is 14.9 Å². The molecule has 0 bridgehead atoms. The van der Waals surface area contributed by atoms with E-state index in [-0.39, 0.29) is 22.6 Å². The van der Waals surface area contributed by atoms with Crippen LogP contribution in [0.3, 0.4) is 0 Å². The van der Waals surface area contributed by atoms with Crippen molar-refractivity contribution >= 4 is 17.3 Å². The van der Waals surface area contributed by atoms with E-state index in [1.54, 1.807) is 24.3 Å². The van der Waals surface area contributed by atoms with Crippen molar-refractivity contribution in [1.29, 1.82) is 5.26 Å². The van der Waals surface area contributed by atoms with Crippen LogP contribution in [0.4, 0.5) is 11.4 Å². The highest BCUT2D eigenvalue weighted by Gasteiger charge is 2.21. The number of aromatic nitrogens is 1. The third-order valence-corrected chi connectivity index (χ3v) is 3.94. The van der Waals surface area contributed by atoms with Crippen molar-refractivity contribution in [3.8, 4) is 23.3 Å². The van der Waals surface area contributed by atoms with Gasteiger partial charge in [-0.15, -0.1) is 0 Å². The highest BCUT2D eigenvalue weighted by molar-refractivity contribution is 5.95. The summed E-state index contributed by atoms with van der Waals surface area (Å²) in [6.45, 7) is 0. The average Bonchev–Trinajstić information content (AvgIpc) is 3.04. The minimum absolute atomic E-state index is 0.0310. The maximum Gasteiger partial charge on any atom is 0.357 e. The number of nitrogen functional groups attached to an aromatic ring is 1. The molecule has 1 heterocycles. The molecule has 0 saturated carbocycles. The molecule has 3 aromatic rings. The maximum absolute atomic E-state index is 12.0. The smallest absolute Gasteiger partial charge is 0.357 e. The number of hydrogen-bond donors (Lipinski definition) is 1. The summed E-state index contributed by atoms with van der Waals surface area (Å²) < 4.78 is 11.9. The Hall–Kier alpha value is -4.32. The van der Waals surface area contributed by atoms with Crippen molar-refractivity contribution in [2.45, 2.75) is 0 Å². The van der Waals surface area contributed by atoms with Crippen LogP contribution in [0, 0.1) is 21.4 Å². The summed E-state index contributed by atoms with van der Waals surface area (Å²) in [6.07, 6.45) is 1.45. The van der Waals surface area contributed by atoms with Crippen molar-refractivity contribution in [1.82, 2.24) is 4.57 Å². The number of rotatable bonds is 5. The molecule has 0 aliphatic heterocycles. The van der Waals surface area contributed by atoms with Crippen LogP contribution in [0.5, 0.6) is 11.5 Å². The van der Waals surface area contributed by atoms with Gasteiger partial charge >= 0.3 is 5.97 Å². The van der Waals surface area contributed by atoms with Gasteiger partial charge in [0.1, 0.15) is 17.6 Å². The Morgan fingerprint density at radius 2 is 1.71 bits per heavy atom. The van der Waals surface area contributed by atoms with E-state index in [4.69, 9.17) is 20.5 Å². The van der Waals surface area contributed by atoms with Gasteiger partial charge in [0.25, 0.3) is 5.69 Å². The predicted octanol–water partition coefficient (Wildman–Crippen LogP) is 3.42. The Morgan fingerprint density at radius 1 is 1.14 bits per heavy atom. The number of nitro groups is 1. The lowest BCUT2D eigenvalue weighted by Crippen LogP contribution is -2.11. The molecule has 2 aromatic carbocycles. The number of non-ortho nitro benzene ring substituents is 1. The van der Waals surface area contributed by atoms with E-state index < -0.39 is 10.9 Å². The summed E-state index contributed by atoms with van der Waals surface area (Å²) >= 11 is 0. The minimum Gasteiger partial charge on any atom is -0.464 e. The van der Waals surface area contributed by atoms with E-state index in [1.165, 1.54) is 42.1 Å². The van der Waals surface area contributed by atoms with Crippen LogP contribution in [0.2, 0.25) is 0 Å². The largest absolute Gasteiger partial charge is 0.464 e. The van der Waals surface area contributed by atoms with Crippen LogP contribution < -0.4 is 10.5 Å². The minimum atomic E-state index is -0.662. The number of nitriles is 1. The summed E-state index contributed by atoms with van der Waals surface area (Å²) in [6, 6.07) is 14.3. The summed E-state index contributed by atoms with van der Waals surface area (Å²) in [7, 11) is 1.23. The molecule has 9 nitrogen and oxygen atoms in total. The van der Waals surface area contributed by atoms with Gasteiger partial charge in [-0.3, -0.25) is 10.1 Å². The van der Waals surface area contributed by atoms with Crippen molar-refractivity contribution in [2.75, 3.05) is 12.8 Å². The molecule has 0 radical (unpaired) electrons. The molecule has 0 amide bonds. The summed E-state index contributed by atoms with van der Waals surface area (Å²) in [5.41, 5.74) is 6.68. The average molecular weight is 378 g/mol. The normalized spacial score (nSPS) is 10.1. The van der Waals surface area contributed by atoms with Crippen molar-refractivity contribution in [3.05, 3.63) is 76.1 Å². The number of hydrogen-bond acceptors (Lipinski definition) is 7. The Morgan fingerprint density at radius 3 is 2.21 bits per heavy atom. The summed E-state index contributed by atoms with van der Waals surface area (Å²) in [4.78, 5) is 22.2. The number of carbonyl (C=O) groups excluding carboxylic acids is 1. The first-order valence-corrected chi connectivity index (χ1v) is 7.96. The molecule has 0 spiro atoms. The fraction of sp³-hybridized carbons (Fsp3) is 0.0526. The van der Waals surface area contributed by atoms with Gasteiger partial charge in [-0.05, 0) is 36.4 Å². The molecule has 28 heavy (non-hydrogen) atoms. The standard InChI is InChI=1S/C19H14N4O5/c1-27-19(24)18-17(21)12(10-20)11-22(18)13-2-6-15(7-3-13)28-16-8-4-14(5-9-16)23(25)26/h2-9,11H,21H2,1H3. The molecular weight excluding hydrogens is 364 g/mol. The molecule has 2 N–H and O–H groups in total. The zero-order valence-electron chi connectivity index (χ0n) is 14.7. The molecule has 1 aromatic heterocycles. The van der Waals surface area contributed by atoms with Gasteiger partial charge in [-0.2, -0.15) is 5.26 Å². The number of ether oxygens (including phenoxy) is 2. The Kier molecular flexibility index (Phi) is 4.95. The van der Waals surface area contributed by atoms with Gasteiger partial charge in [-0.1, -0.05) is 0 Å². The first-order chi connectivity index (χ1) is 13.4. The van der Waals surface area contributed by atoms with E-state index >= 15 is 0 Å². The second-order valence-corrected chi connectivity index (χ2v) is 5.63. The SMILES string of the molecule is COC(=O)c1c(N)c(C#N)cn1-c1ccc(Oc2ccc([N+](=O)[O-])cc2)cc1. The van der Waals surface area contributed by atoms with Gasteiger partial charge < -0.3 is 19.8 Å². The molecule has 3 rings (SSSR count). The number of benzene rings is 2. The second kappa shape index (κ2) is 7.51. The van der Waals surface area contributed by atoms with Gasteiger partial charge in [0.15, 0.2) is 5.69 Å². The quantitative estimate of drug-likeness (QED) is 0.408. The zero-order chi connectivity index (χ0) is 20.3. The lowest BCUT2D eigenvalue weighted by Gasteiger charge is -2.10. The number of methoxy groups -OCH3 is 1. The van der Waals surface area contributed by atoms with Crippen LogP contribution in [-0.4, -0.2) is 22.6 Å². The number of anilines is 1. The number of nitrogens with zero attached hydrogens (tertiary/aromatic N) is 3. The lowest BCUT2D eigenvalue weighted by molar-refractivity contribution is -0.384. The molecule has 0 fully saturated rings. The Labute approximate surface area is 159 Å². The number of nitro benzene ring substituents is 1. The molecule has 0 saturated heterocycles. The van der Waals surface area contributed by atoms with Crippen LogP contribution in [0.25, 0.3) is 5.69 Å². The van der Waals surface area contributed by atoms with Gasteiger partial charge in [0.05, 0.1) is 23.3 Å². The number of esters is 1. The van der Waals surface area contributed by atoms with Crippen molar-refractivity contribution in [2.24, 2.45) is 0 Å². The Balaban J connectivity index is 1.88. The maximum atomic E-state index is 12.0. The first kappa shape index (κ1) is 18.5. The van der Waals surface area contributed by atoms with Crippen LogP contribution in [0.15, 0.2) is 54.7 Å². The van der Waals surface area contributed by atoms with Crippen molar-refractivity contribution in [3.63, 3.8) is 0 Å². The fourth-order valence-corrected chi connectivity index (χ4v) is 2.56. The van der Waals surface area contributed by atoms with Crippen molar-refractivity contribution < 1.29 is 19.2 Å². The molecular formula is C19H14N4O5. The van der Waals surface area contributed by atoms with E-state index in [1.807, 2.05) is 6.07 Å². The molecule has 0 unspecified atom stereocenters. The monoisotopic (exact) mass is 378 g/mol. The highest BCUT2D eigenvalue weighted by Crippen LogP contribution is 2.28. The third kappa shape index (κ3) is 3.47. The Bertz CT molecular complexity index is 1080. The van der Waals surface area contributed by atoms with E-state index in [0.29, 0.717) is 17.2 Å². The van der Waals surface area contributed by atoms with Crippen LogP contribution in [0.1, 0.15) is 16.1 Å². The first-order valence-electron chi connectivity index (χ1n) is 7.96. The third-order valence-electron chi connectivity index (χ3n) is 3.94. The van der Waals surface area contributed by atoms with Gasteiger partial charge in [-0.25, -0.2) is 4.79 Å². The predicted molar refractivity (Wildman–Crippen MR) is 99.4 cm³/mol. The van der Waals surface area contributed by atoms with E-state index in [2.05, 4.69) is 0 Å². The zero-order valence-corrected chi connectivity index (χ0v) is 14.7. The molecule has 0 aliphatic rings. The number of nitrogens with two attached hydrogens (primary N) is 1. The van der Waals surface area contributed by atoms with Crippen LogP contribution in [-0.2, 0) is 4.74 Å². The molecule has 140 valence electrons. The summed E-state index contributed by atoms with van der Waals surface area (Å²) in [5, 5.41) is 19.8. The van der Waals surface area contributed by atoms with Gasteiger partial charge in [0, 0.05) is 24.0 Å². The van der Waals surface area contributed by atoms with Crippen LogP contribution >= 0.6 is 0 Å². The molecule has 0 aliphatic carbocycles.